The highest BCUT2D eigenvalue weighted by molar-refractivity contribution is 6.76. The van der Waals surface area contributed by atoms with Gasteiger partial charge in [0, 0.05) is 8.07 Å². The van der Waals surface area contributed by atoms with Gasteiger partial charge in [-0.1, -0.05) is 25.4 Å². The molecule has 0 spiro atoms. The Morgan fingerprint density at radius 1 is 1.50 bits per heavy atom. The number of hydrogen-bond acceptors (Lipinski definition) is 2. The monoisotopic (exact) mass is 159 g/mol. The summed E-state index contributed by atoms with van der Waals surface area (Å²) in [4.78, 5) is 9.88. The summed E-state index contributed by atoms with van der Waals surface area (Å²) < 4.78 is 4.37. The molecule has 58 valence electrons. The summed E-state index contributed by atoms with van der Waals surface area (Å²) in [6.07, 6.45) is -1.17. The molecule has 0 unspecified atom stereocenters. The van der Waals surface area contributed by atoms with E-state index in [0.29, 0.717) is 6.61 Å². The fourth-order valence-corrected chi connectivity index (χ4v) is 1.16. The molecule has 0 aromatic carbocycles. The number of nitrogens with zero attached hydrogens (tertiary/aromatic N) is 1. The van der Waals surface area contributed by atoms with Gasteiger partial charge in [0.05, 0.1) is 6.61 Å². The minimum Gasteiger partial charge on any atom is -0.447 e. The Morgan fingerprint density at radius 2 is 2.00 bits per heavy atom. The third-order valence-corrected chi connectivity index (χ3v) is 2.78. The van der Waals surface area contributed by atoms with Gasteiger partial charge in [-0.3, -0.25) is 0 Å². The molecule has 0 rings (SSSR count). The van der Waals surface area contributed by atoms with E-state index < -0.39 is 14.2 Å². The van der Waals surface area contributed by atoms with Crippen LogP contribution in [0.3, 0.4) is 0 Å². The molecule has 0 atom stereocenters. The first kappa shape index (κ1) is 9.49. The van der Waals surface area contributed by atoms with Crippen LogP contribution in [-0.4, -0.2) is 20.8 Å². The van der Waals surface area contributed by atoms with Crippen LogP contribution in [0.4, 0.5) is 4.79 Å². The van der Waals surface area contributed by atoms with E-state index >= 15 is 0 Å². The molecule has 4 heteroatoms. The average molecular weight is 159 g/mol. The van der Waals surface area contributed by atoms with Crippen LogP contribution in [0.5, 0.6) is 0 Å². The average Bonchev–Trinajstić information content (AvgIpc) is 1.59. The number of hydrogen-bond donors (Lipinski definition) is 0. The summed E-state index contributed by atoms with van der Waals surface area (Å²) in [5, 5.41) is 0. The number of amides is 1. The highest BCUT2D eigenvalue weighted by Crippen LogP contribution is 2.07. The van der Waals surface area contributed by atoms with E-state index in [1.807, 2.05) is 0 Å². The van der Waals surface area contributed by atoms with E-state index in [2.05, 4.69) is 24.4 Å². The van der Waals surface area contributed by atoms with Gasteiger partial charge in [0.1, 0.15) is 0 Å². The number of carbonyl (C=O) groups is 1. The van der Waals surface area contributed by atoms with Gasteiger partial charge in [-0.15, -0.1) is 0 Å². The fraction of sp³-hybridized carbons (Fsp3) is 0.833. The first-order valence-electron chi connectivity index (χ1n) is 3.27. The van der Waals surface area contributed by atoms with Crippen LogP contribution in [0.2, 0.25) is 25.7 Å². The zero-order valence-corrected chi connectivity index (χ0v) is 7.68. The summed E-state index contributed by atoms with van der Waals surface area (Å²) in [6, 6.07) is 0.902. The third kappa shape index (κ3) is 7.49. The summed E-state index contributed by atoms with van der Waals surface area (Å²) in [6.45, 7) is 6.89. The Bertz CT molecular complexity index is 119. The van der Waals surface area contributed by atoms with Crippen molar-refractivity contribution in [3.05, 3.63) is 0 Å². The van der Waals surface area contributed by atoms with Gasteiger partial charge in [-0.2, -0.15) is 0 Å². The number of ether oxygens (including phenoxy) is 1. The van der Waals surface area contributed by atoms with E-state index in [9.17, 15) is 4.79 Å². The first-order chi connectivity index (χ1) is 4.42. The highest BCUT2D eigenvalue weighted by atomic mass is 28.3. The van der Waals surface area contributed by atoms with Crippen molar-refractivity contribution >= 4 is 14.2 Å². The third-order valence-electron chi connectivity index (χ3n) is 1.08. The molecule has 0 aromatic rings. The lowest BCUT2D eigenvalue weighted by molar-refractivity contribution is 0.161. The molecule has 0 aliphatic carbocycles. The first-order valence-corrected chi connectivity index (χ1v) is 6.98. The Hall–Kier alpha value is -0.513. The van der Waals surface area contributed by atoms with Crippen molar-refractivity contribution in [3.8, 4) is 0 Å². The van der Waals surface area contributed by atoms with Crippen molar-refractivity contribution in [3.63, 3.8) is 0 Å². The topological polar surface area (TPSA) is 48.6 Å². The predicted octanol–water partition coefficient (Wildman–Crippen LogP) is 1.53. The fourth-order valence-electron chi connectivity index (χ4n) is 0.445. The Kier molecular flexibility index (Phi) is 3.42. The van der Waals surface area contributed by atoms with Crippen molar-refractivity contribution in [2.45, 2.75) is 25.7 Å². The molecule has 0 bridgehead atoms. The molecule has 0 saturated carbocycles. The Balaban J connectivity index is 3.29. The van der Waals surface area contributed by atoms with Gasteiger partial charge in [0.2, 0.25) is 0 Å². The van der Waals surface area contributed by atoms with Crippen LogP contribution in [0.25, 0.3) is 0 Å². The molecule has 1 amide bonds. The molecular formula is C6H13NO2Si. The molecule has 0 fully saturated rings. The maximum Gasteiger partial charge on any atom is 0.452 e. The molecule has 10 heavy (non-hydrogen) atoms. The maximum atomic E-state index is 9.88. The molecule has 0 heterocycles. The molecule has 0 aliphatic rings. The van der Waals surface area contributed by atoms with E-state index in [-0.39, 0.29) is 0 Å². The second kappa shape index (κ2) is 3.61. The van der Waals surface area contributed by atoms with Gasteiger partial charge in [0.15, 0.2) is 0 Å². The summed E-state index contributed by atoms with van der Waals surface area (Å²) in [5.74, 6) is 0. The molecule has 2 radical (unpaired) electrons. The lowest BCUT2D eigenvalue weighted by atomic mass is 10.8. The van der Waals surface area contributed by atoms with Crippen molar-refractivity contribution in [1.29, 1.82) is 0 Å². The zero-order chi connectivity index (χ0) is 8.20. The van der Waals surface area contributed by atoms with E-state index in [4.69, 9.17) is 5.73 Å². The van der Waals surface area contributed by atoms with Gasteiger partial charge in [0.25, 0.3) is 0 Å². The van der Waals surface area contributed by atoms with Crippen LogP contribution in [-0.2, 0) is 4.74 Å². The molecular weight excluding hydrogens is 146 g/mol. The lowest BCUT2D eigenvalue weighted by Crippen LogP contribution is -2.22. The minimum absolute atomic E-state index is 0.352. The second-order valence-electron chi connectivity index (χ2n) is 3.43. The maximum absolute atomic E-state index is 9.88. The summed E-state index contributed by atoms with van der Waals surface area (Å²) in [5.41, 5.74) is 8.10. The Morgan fingerprint density at radius 3 is 2.30 bits per heavy atom. The lowest BCUT2D eigenvalue weighted by Gasteiger charge is -2.13. The standard InChI is InChI=1S/C6H13NO2Si/c1-10(2,3)5-4-9-6(7)8/h4-5H2,1-3H3. The van der Waals surface area contributed by atoms with E-state index in [1.165, 1.54) is 0 Å². The highest BCUT2D eigenvalue weighted by Gasteiger charge is 2.12. The van der Waals surface area contributed by atoms with E-state index in [0.717, 1.165) is 6.04 Å². The normalized spacial score (nSPS) is 11.1. The molecule has 3 nitrogen and oxygen atoms in total. The smallest absolute Gasteiger partial charge is 0.447 e. The van der Waals surface area contributed by atoms with E-state index in [1.54, 1.807) is 0 Å². The van der Waals surface area contributed by atoms with Crippen LogP contribution < -0.4 is 5.73 Å². The molecule has 0 aromatic heterocycles. The van der Waals surface area contributed by atoms with Crippen molar-refractivity contribution in [2.75, 3.05) is 6.61 Å². The predicted molar refractivity (Wildman–Crippen MR) is 41.6 cm³/mol. The van der Waals surface area contributed by atoms with Crippen LogP contribution in [0.15, 0.2) is 0 Å². The van der Waals surface area contributed by atoms with Crippen molar-refractivity contribution < 1.29 is 9.53 Å². The van der Waals surface area contributed by atoms with Gasteiger partial charge >= 0.3 is 6.09 Å². The quantitative estimate of drug-likeness (QED) is 0.586. The number of carbonyl (C=O) groups excluding carboxylic acids is 1. The van der Waals surface area contributed by atoms with Crippen LogP contribution >= 0.6 is 0 Å². The minimum atomic E-state index is -1.17. The Labute approximate surface area is 62.6 Å². The summed E-state index contributed by atoms with van der Waals surface area (Å²) >= 11 is 0. The van der Waals surface area contributed by atoms with Crippen LogP contribution in [0.1, 0.15) is 0 Å². The van der Waals surface area contributed by atoms with Crippen LogP contribution in [0, 0.1) is 0 Å². The van der Waals surface area contributed by atoms with Crippen molar-refractivity contribution in [2.24, 2.45) is 0 Å². The largest absolute Gasteiger partial charge is 0.452 e. The second-order valence-corrected chi connectivity index (χ2v) is 9.05. The van der Waals surface area contributed by atoms with Gasteiger partial charge in [-0.25, -0.2) is 4.79 Å². The van der Waals surface area contributed by atoms with Gasteiger partial charge < -0.3 is 4.74 Å². The van der Waals surface area contributed by atoms with Gasteiger partial charge in [-0.05, 0) is 6.04 Å². The number of rotatable bonds is 3. The molecule has 0 saturated heterocycles. The summed E-state index contributed by atoms with van der Waals surface area (Å²) in [7, 11) is -1.11. The van der Waals surface area contributed by atoms with Crippen molar-refractivity contribution in [1.82, 2.24) is 5.73 Å². The zero-order valence-electron chi connectivity index (χ0n) is 6.68. The molecule has 0 aliphatic heterocycles. The molecule has 0 N–H and O–H groups in total. The SMILES string of the molecule is C[Si](C)(C)CCOC([N])=O.